The molecule has 0 bridgehead atoms. The molecular weight excluding hydrogens is 1350 g/mol. The molecule has 25 heteroatoms. The number of esters is 3. The molecule has 13 nitrogen and oxygen atoms in total. The number of hydrogen-bond acceptors (Lipinski definition) is 15. The van der Waals surface area contributed by atoms with Gasteiger partial charge in [-0.2, -0.15) is 64.0 Å². The van der Waals surface area contributed by atoms with Crippen molar-refractivity contribution in [1.29, 1.82) is 0 Å². The number of carbonyl (C=O) groups excluding carboxylic acids is 4. The summed E-state index contributed by atoms with van der Waals surface area (Å²) in [6.07, 6.45) is 0. The van der Waals surface area contributed by atoms with Gasteiger partial charge in [0.05, 0.1) is 68.2 Å². The number of hydrogen-bond donors (Lipinski definition) is 7. The van der Waals surface area contributed by atoms with E-state index in [1.807, 2.05) is 60.7 Å². The Morgan fingerprint density at radius 2 is 0.864 bits per heavy atom. The number of morpholine rings is 1. The topological polar surface area (TPSA) is 184 Å². The molecule has 0 saturated carbocycles. The van der Waals surface area contributed by atoms with Gasteiger partial charge in [-0.25, -0.2) is 19.2 Å². The molecule has 1 saturated heterocycles. The molecule has 0 aliphatic carbocycles. The van der Waals surface area contributed by atoms with E-state index in [1.165, 1.54) is 21.3 Å². The quantitative estimate of drug-likeness (QED) is 0.0191. The monoisotopic (exact) mass is 1420 g/mol. The van der Waals surface area contributed by atoms with Crippen LogP contribution in [-0.4, -0.2) is 99.8 Å². The number of amides is 1. The molecule has 4 N–H and O–H groups in total. The molecule has 81 heavy (non-hydrogen) atoms. The van der Waals surface area contributed by atoms with Crippen LogP contribution in [0.3, 0.4) is 0 Å². The Kier molecular flexibility index (Phi) is 66.4. The van der Waals surface area contributed by atoms with Crippen molar-refractivity contribution >= 4 is 133 Å². The zero-order valence-electron chi connectivity index (χ0n) is 43.6. The Morgan fingerprint density at radius 3 is 1.15 bits per heavy atom. The average Bonchev–Trinajstić information content (AvgIpc) is 3.46. The number of nitrogens with two attached hydrogens (primary N) is 1. The van der Waals surface area contributed by atoms with Crippen molar-refractivity contribution < 1.29 is 237 Å². The Bertz CT molecular complexity index is 2460. The van der Waals surface area contributed by atoms with Crippen molar-refractivity contribution in [2.45, 2.75) is 35.8 Å². The van der Waals surface area contributed by atoms with E-state index >= 15 is 0 Å². The maximum Gasteiger partial charge on any atom is 0.337 e. The van der Waals surface area contributed by atoms with Crippen LogP contribution >= 0.6 is 91.5 Å². The number of alkyl halides is 2. The molecule has 0 radical (unpaired) electrons. The molecule has 0 aromatic heterocycles. The molecule has 1 aliphatic rings. The Balaban J connectivity index is -0.000000207. The van der Waals surface area contributed by atoms with Gasteiger partial charge in [-0.15, -0.1) is 11.6 Å². The van der Waals surface area contributed by atoms with Gasteiger partial charge < -0.3 is 35.1 Å². The first kappa shape index (κ1) is 93.3. The molecule has 6 aromatic carbocycles. The van der Waals surface area contributed by atoms with E-state index in [0.717, 1.165) is 71.9 Å². The molecule has 1 aliphatic heterocycles. The fourth-order valence-electron chi connectivity index (χ4n) is 5.84. The number of nitrogens with zero attached hydrogens (tertiary/aromatic N) is 1. The molecule has 7 rings (SSSR count). The van der Waals surface area contributed by atoms with Crippen molar-refractivity contribution in [2.75, 3.05) is 71.1 Å². The van der Waals surface area contributed by atoms with E-state index in [0.29, 0.717) is 62.2 Å². The summed E-state index contributed by atoms with van der Waals surface area (Å²) in [4.78, 5) is 57.6. The number of aromatic carboxylic acids is 1. The van der Waals surface area contributed by atoms with Crippen LogP contribution in [0.2, 0.25) is 0 Å². The molecule has 452 valence electrons. The fraction of sp³-hybridized carbons (Fsp3) is 0.268. The molecule has 1 heterocycles. The summed E-state index contributed by atoms with van der Waals surface area (Å²) in [6, 6.07) is 42.8. The van der Waals surface area contributed by atoms with Crippen LogP contribution in [0.5, 0.6) is 0 Å². The van der Waals surface area contributed by atoms with Crippen LogP contribution in [0.1, 0.15) is 87.0 Å². The molecule has 0 spiro atoms. The molecular formula is C56H69Ar5BrClN3O10S5. The van der Waals surface area contributed by atoms with Crippen molar-refractivity contribution in [3.63, 3.8) is 0 Å². The first-order chi connectivity index (χ1) is 35.7. The second-order valence-electron chi connectivity index (χ2n) is 15.2. The first-order valence-corrected chi connectivity index (χ1v) is 26.8. The minimum absolute atomic E-state index is 0. The van der Waals surface area contributed by atoms with Crippen LogP contribution in [0.4, 0.5) is 11.4 Å². The number of carboxylic acid groups (broad SMARTS) is 1. The molecule has 0 unspecified atom stereocenters. The van der Waals surface area contributed by atoms with Crippen LogP contribution < -0.4 is 11.1 Å². The molecule has 0 atom stereocenters. The fourth-order valence-corrected chi connectivity index (χ4v) is 7.30. The number of carboxylic acids is 1. The second-order valence-corrected chi connectivity index (χ2v) is 17.4. The van der Waals surface area contributed by atoms with Crippen molar-refractivity contribution in [2.24, 2.45) is 0 Å². The summed E-state index contributed by atoms with van der Waals surface area (Å²) in [5, 5.41) is 12.1. The van der Waals surface area contributed by atoms with Gasteiger partial charge in [0, 0.05) is 248 Å². The Morgan fingerprint density at radius 1 is 0.556 bits per heavy atom. The summed E-state index contributed by atoms with van der Waals surface area (Å²) in [5.74, 6) is 1.43. The van der Waals surface area contributed by atoms with Crippen molar-refractivity contribution in [3.8, 4) is 0 Å². The van der Waals surface area contributed by atoms with Gasteiger partial charge in [-0.3, -0.25) is 9.69 Å². The van der Waals surface area contributed by atoms with E-state index in [9.17, 15) is 24.0 Å². The van der Waals surface area contributed by atoms with E-state index in [4.69, 9.17) is 27.2 Å². The predicted molar refractivity (Wildman–Crippen MR) is 330 cm³/mol. The summed E-state index contributed by atoms with van der Waals surface area (Å²) >= 11 is 25.3. The standard InChI is InChI=1S/C14H14N2OS.C9H9BrO2.2C9H10O2S.C8H8O2S.C6H12ClNO.CH4.5Ar.H2S/c15-12-3-1-2-4-13(12)16-14(17)11-7-5-10(9-18)6-8-11;1-12-9(11)8-4-2-7(6-10)3-5-8;2*1-11-9(10)8-4-2-7(6-12)3-5-8;9-8(10)7-3-1-6(5-11)2-4-7;7-1-2-8-3-5-9-6-4-8;;;;;;;/h1-8,18H,9,15H2,(H,16,17);2-5H,6H2,1H3;2*2-5,12H,6H2,1H3;1-4,11H,5H2,(H,9,10);1-6H2;1H4;;;;;;1H2. The number of methoxy groups -OCH3 is 3. The van der Waals surface area contributed by atoms with E-state index in [-0.39, 0.29) is 233 Å². The summed E-state index contributed by atoms with van der Waals surface area (Å²) < 4.78 is 18.8. The largest absolute Gasteiger partial charge is 0.478 e. The third-order valence-corrected chi connectivity index (χ3v) is 12.4. The third-order valence-electron chi connectivity index (χ3n) is 10.1. The number of thiol groups is 4. The van der Waals surface area contributed by atoms with Crippen LogP contribution in [0.25, 0.3) is 0 Å². The van der Waals surface area contributed by atoms with E-state index < -0.39 is 5.97 Å². The molecule has 1 fully saturated rings. The summed E-state index contributed by atoms with van der Waals surface area (Å²) in [7, 11) is 4.12. The van der Waals surface area contributed by atoms with Crippen molar-refractivity contribution in [1.82, 2.24) is 4.90 Å². The van der Waals surface area contributed by atoms with Crippen LogP contribution in [0.15, 0.2) is 146 Å². The zero-order chi connectivity index (χ0) is 54.7. The summed E-state index contributed by atoms with van der Waals surface area (Å²) in [5.41, 5.74) is 15.0. The van der Waals surface area contributed by atoms with Gasteiger partial charge in [0.1, 0.15) is 0 Å². The number of nitrogens with one attached hydrogen (secondary N) is 1. The normalized spacial score (nSPS) is 10.2. The SMILES string of the molecule is C.COC(=O)c1ccc(CBr)cc1.COC(=O)c1ccc(CS)cc1.COC(=O)c1ccc(CS)cc1.ClCCN1CCOCC1.Nc1ccccc1NC(=O)c1ccc(CS)cc1.O=C(O)c1ccc(CS)cc1.S.[Ar].[Ar].[Ar].[Ar].[Ar]. The minimum Gasteiger partial charge on any atom is -0.478 e. The number of benzene rings is 6. The zero-order valence-corrected chi connectivity index (χ0v) is 54.0. The number of anilines is 2. The number of rotatable bonds is 13. The van der Waals surface area contributed by atoms with Crippen LogP contribution in [0, 0.1) is 189 Å². The van der Waals surface area contributed by atoms with E-state index in [1.54, 1.807) is 84.9 Å². The number of carbonyl (C=O) groups is 5. The number of ether oxygens (including phenoxy) is 4. The molecule has 1 amide bonds. The minimum atomic E-state index is -0.893. The Hall–Kier alpha value is 1.21. The smallest absolute Gasteiger partial charge is 0.337 e. The van der Waals surface area contributed by atoms with Crippen LogP contribution in [-0.2, 0) is 47.3 Å². The first-order valence-electron chi connectivity index (χ1n) is 22.6. The van der Waals surface area contributed by atoms with Gasteiger partial charge >= 0.3 is 23.9 Å². The maximum atomic E-state index is 12.0. The summed E-state index contributed by atoms with van der Waals surface area (Å²) in [6.45, 7) is 4.85. The Labute approximate surface area is 670 Å². The number of para-hydroxylation sites is 2. The third kappa shape index (κ3) is 39.8. The average molecular weight is 1420 g/mol. The predicted octanol–water partition coefficient (Wildman–Crippen LogP) is 12.2. The maximum absolute atomic E-state index is 12.0. The van der Waals surface area contributed by atoms with Gasteiger partial charge in [0.25, 0.3) is 5.91 Å². The second kappa shape index (κ2) is 57.6. The van der Waals surface area contributed by atoms with Gasteiger partial charge in [-0.05, 0) is 101 Å². The number of nitrogen functional groups attached to an aromatic ring is 1. The number of halogens is 2. The van der Waals surface area contributed by atoms with E-state index in [2.05, 4.69) is 90.9 Å². The van der Waals surface area contributed by atoms with Gasteiger partial charge in [0.15, 0.2) is 0 Å². The van der Waals surface area contributed by atoms with Gasteiger partial charge in [0.2, 0.25) is 0 Å². The van der Waals surface area contributed by atoms with Crippen molar-refractivity contribution in [3.05, 3.63) is 201 Å². The molecule has 6 aromatic rings. The van der Waals surface area contributed by atoms with Gasteiger partial charge in [-0.1, -0.05) is 96.2 Å².